The molecule has 0 bridgehead atoms. The first-order valence-electron chi connectivity index (χ1n) is 7.17. The minimum absolute atomic E-state index is 0.918. The summed E-state index contributed by atoms with van der Waals surface area (Å²) in [4.78, 5) is 0. The third-order valence-electron chi connectivity index (χ3n) is 4.09. The van der Waals surface area contributed by atoms with Crippen molar-refractivity contribution in [2.45, 2.75) is 79.6 Å². The molecule has 0 heterocycles. The lowest BCUT2D eigenvalue weighted by molar-refractivity contribution is 0.226. The van der Waals surface area contributed by atoms with Gasteiger partial charge in [-0.05, 0) is 17.8 Å². The Morgan fingerprint density at radius 3 is 1.93 bits per heavy atom. The van der Waals surface area contributed by atoms with Crippen LogP contribution in [-0.2, 0) is 0 Å². The average molecular weight is 212 g/mol. The Morgan fingerprint density at radius 2 is 1.47 bits per heavy atom. The normalized spacial score (nSPS) is 17.4. The van der Waals surface area contributed by atoms with E-state index in [9.17, 15) is 0 Å². The third kappa shape index (κ3) is 6.22. The average Bonchev–Trinajstić information content (AvgIpc) is 2.24. The largest absolute Gasteiger partial charge is 0.0654 e. The van der Waals surface area contributed by atoms with Crippen LogP contribution in [0.1, 0.15) is 79.6 Å². The summed E-state index contributed by atoms with van der Waals surface area (Å²) in [6, 6.07) is 0. The van der Waals surface area contributed by atoms with Crippen molar-refractivity contribution in [3.63, 3.8) is 0 Å². The first-order valence-corrected chi connectivity index (χ1v) is 7.17. The smallest absolute Gasteiger partial charge is 0.0389 e. The zero-order chi connectivity index (χ0) is 11.7. The zero-order valence-corrected chi connectivity index (χ0v) is 11.7. The monoisotopic (exact) mass is 212 g/mol. The van der Waals surface area contributed by atoms with E-state index in [-0.39, 0.29) is 0 Å². The second kappa shape index (κ2) is 9.24. The molecule has 0 rings (SSSR count). The van der Waals surface area contributed by atoms with E-state index in [1.165, 1.54) is 44.9 Å². The molecule has 0 saturated heterocycles. The van der Waals surface area contributed by atoms with Crippen molar-refractivity contribution >= 4 is 0 Å². The summed E-state index contributed by atoms with van der Waals surface area (Å²) in [7, 11) is 0. The summed E-state index contributed by atoms with van der Waals surface area (Å²) in [5.74, 6) is 2.81. The first kappa shape index (κ1) is 15.0. The van der Waals surface area contributed by atoms with Gasteiger partial charge in [0.15, 0.2) is 0 Å². The standard InChI is InChI=1S/C15H32/c1-6-9-10-12-15(8-3)14(5)13(4)11-7-2/h13-15H,6-12H2,1-5H3. The predicted molar refractivity (Wildman–Crippen MR) is 71.2 cm³/mol. The fraction of sp³-hybridized carbons (Fsp3) is 1.00. The molecule has 0 aliphatic carbocycles. The molecule has 0 aromatic rings. The van der Waals surface area contributed by atoms with E-state index in [2.05, 4.69) is 34.6 Å². The number of hydrogen-bond donors (Lipinski definition) is 0. The van der Waals surface area contributed by atoms with Crippen molar-refractivity contribution in [2.24, 2.45) is 17.8 Å². The maximum Gasteiger partial charge on any atom is -0.0389 e. The van der Waals surface area contributed by atoms with Gasteiger partial charge in [0.05, 0.1) is 0 Å². The SMILES string of the molecule is CCCCCC(CC)C(C)C(C)CCC. The second-order valence-electron chi connectivity index (χ2n) is 5.29. The van der Waals surface area contributed by atoms with Crippen molar-refractivity contribution in [3.8, 4) is 0 Å². The van der Waals surface area contributed by atoms with Gasteiger partial charge in [0.25, 0.3) is 0 Å². The van der Waals surface area contributed by atoms with Crippen molar-refractivity contribution in [1.82, 2.24) is 0 Å². The van der Waals surface area contributed by atoms with E-state index >= 15 is 0 Å². The van der Waals surface area contributed by atoms with E-state index in [1.54, 1.807) is 0 Å². The maximum atomic E-state index is 2.47. The number of rotatable bonds is 9. The van der Waals surface area contributed by atoms with Crippen LogP contribution in [0.3, 0.4) is 0 Å². The topological polar surface area (TPSA) is 0 Å². The van der Waals surface area contributed by atoms with E-state index in [4.69, 9.17) is 0 Å². The lowest BCUT2D eigenvalue weighted by Gasteiger charge is -2.28. The molecule has 0 spiro atoms. The van der Waals surface area contributed by atoms with E-state index in [0.29, 0.717) is 0 Å². The van der Waals surface area contributed by atoms with Crippen molar-refractivity contribution in [2.75, 3.05) is 0 Å². The molecule has 0 aliphatic rings. The first-order chi connectivity index (χ1) is 7.17. The highest BCUT2D eigenvalue weighted by Gasteiger charge is 2.20. The van der Waals surface area contributed by atoms with Crippen LogP contribution in [0.2, 0.25) is 0 Å². The van der Waals surface area contributed by atoms with Gasteiger partial charge in [-0.1, -0.05) is 79.6 Å². The van der Waals surface area contributed by atoms with Gasteiger partial charge in [-0.25, -0.2) is 0 Å². The van der Waals surface area contributed by atoms with Crippen molar-refractivity contribution in [3.05, 3.63) is 0 Å². The van der Waals surface area contributed by atoms with Crippen LogP contribution < -0.4 is 0 Å². The molecule has 0 amide bonds. The minimum Gasteiger partial charge on any atom is -0.0654 e. The zero-order valence-electron chi connectivity index (χ0n) is 11.7. The molecule has 3 atom stereocenters. The Morgan fingerprint density at radius 1 is 0.800 bits per heavy atom. The molecule has 0 fully saturated rings. The van der Waals surface area contributed by atoms with Crippen LogP contribution in [0, 0.1) is 17.8 Å². The molecular formula is C15H32. The summed E-state index contributed by atoms with van der Waals surface area (Å²) in [5.41, 5.74) is 0. The van der Waals surface area contributed by atoms with Gasteiger partial charge in [-0.3, -0.25) is 0 Å². The quantitative estimate of drug-likeness (QED) is 0.432. The van der Waals surface area contributed by atoms with E-state index in [0.717, 1.165) is 17.8 Å². The van der Waals surface area contributed by atoms with Crippen LogP contribution in [-0.4, -0.2) is 0 Å². The highest BCUT2D eigenvalue weighted by molar-refractivity contribution is 4.70. The fourth-order valence-electron chi connectivity index (χ4n) is 2.68. The van der Waals surface area contributed by atoms with Gasteiger partial charge in [-0.2, -0.15) is 0 Å². The predicted octanol–water partition coefficient (Wildman–Crippen LogP) is 5.67. The molecule has 0 saturated carbocycles. The van der Waals surface area contributed by atoms with Gasteiger partial charge >= 0.3 is 0 Å². The lowest BCUT2D eigenvalue weighted by Crippen LogP contribution is -2.18. The van der Waals surface area contributed by atoms with Gasteiger partial charge in [-0.15, -0.1) is 0 Å². The van der Waals surface area contributed by atoms with Gasteiger partial charge in [0, 0.05) is 0 Å². The Bertz CT molecular complexity index is 128. The van der Waals surface area contributed by atoms with Gasteiger partial charge in [0.1, 0.15) is 0 Å². The van der Waals surface area contributed by atoms with E-state index in [1.807, 2.05) is 0 Å². The minimum atomic E-state index is 0.918. The molecule has 3 unspecified atom stereocenters. The molecule has 15 heavy (non-hydrogen) atoms. The van der Waals surface area contributed by atoms with Crippen molar-refractivity contribution < 1.29 is 0 Å². The highest BCUT2D eigenvalue weighted by atomic mass is 14.3. The molecule has 0 aromatic carbocycles. The Balaban J connectivity index is 3.91. The summed E-state index contributed by atoms with van der Waals surface area (Å²) in [6.45, 7) is 11.9. The van der Waals surface area contributed by atoms with Crippen LogP contribution in [0.25, 0.3) is 0 Å². The molecule has 0 aliphatic heterocycles. The number of hydrogen-bond acceptors (Lipinski definition) is 0. The Hall–Kier alpha value is 0. The van der Waals surface area contributed by atoms with Crippen LogP contribution in [0.4, 0.5) is 0 Å². The molecule has 0 heteroatoms. The molecule has 0 nitrogen and oxygen atoms in total. The lowest BCUT2D eigenvalue weighted by atomic mass is 9.78. The second-order valence-corrected chi connectivity index (χ2v) is 5.29. The third-order valence-corrected chi connectivity index (χ3v) is 4.09. The Labute approximate surface area is 97.8 Å². The summed E-state index contributed by atoms with van der Waals surface area (Å²) in [6.07, 6.45) is 9.81. The molecule has 0 radical (unpaired) electrons. The van der Waals surface area contributed by atoms with Crippen LogP contribution >= 0.6 is 0 Å². The summed E-state index contributed by atoms with van der Waals surface area (Å²) >= 11 is 0. The van der Waals surface area contributed by atoms with Gasteiger partial charge < -0.3 is 0 Å². The van der Waals surface area contributed by atoms with Gasteiger partial charge in [0.2, 0.25) is 0 Å². The van der Waals surface area contributed by atoms with Crippen LogP contribution in [0.5, 0.6) is 0 Å². The van der Waals surface area contributed by atoms with Crippen molar-refractivity contribution in [1.29, 1.82) is 0 Å². The summed E-state index contributed by atoms with van der Waals surface area (Å²) < 4.78 is 0. The molecule has 0 N–H and O–H groups in total. The fourth-order valence-corrected chi connectivity index (χ4v) is 2.68. The maximum absolute atomic E-state index is 2.47. The molecule has 0 aromatic heterocycles. The summed E-state index contributed by atoms with van der Waals surface area (Å²) in [5, 5.41) is 0. The van der Waals surface area contributed by atoms with Crippen LogP contribution in [0.15, 0.2) is 0 Å². The molecular weight excluding hydrogens is 180 g/mol. The Kier molecular flexibility index (Phi) is 9.24. The highest BCUT2D eigenvalue weighted by Crippen LogP contribution is 2.30. The number of unbranched alkanes of at least 4 members (excludes halogenated alkanes) is 2. The molecule has 92 valence electrons. The van der Waals surface area contributed by atoms with E-state index < -0.39 is 0 Å².